The zero-order valence-electron chi connectivity index (χ0n) is 7.27. The third-order valence-electron chi connectivity index (χ3n) is 1.77. The summed E-state index contributed by atoms with van der Waals surface area (Å²) in [5, 5.41) is 2.89. The highest BCUT2D eigenvalue weighted by Crippen LogP contribution is 2.36. The third kappa shape index (κ3) is 2.45. The molecule has 5 heteroatoms. The Balaban J connectivity index is 2.87. The zero-order valence-corrected chi connectivity index (χ0v) is 8.09. The molecule has 0 amide bonds. The largest absolute Gasteiger partial charge is 0.425 e. The van der Waals surface area contributed by atoms with E-state index in [4.69, 9.17) is 0 Å². The molecule has 0 aromatic carbocycles. The third-order valence-corrected chi connectivity index (χ3v) is 3.08. The fraction of sp³-hybridized carbons (Fsp3) is 0.500. The molecule has 0 saturated heterocycles. The number of halogens is 3. The Labute approximate surface area is 78.6 Å². The number of hydrogen-bond acceptors (Lipinski definition) is 2. The van der Waals surface area contributed by atoms with Crippen LogP contribution in [0.2, 0.25) is 0 Å². The van der Waals surface area contributed by atoms with Crippen molar-refractivity contribution in [3.8, 4) is 0 Å². The average Bonchev–Trinajstić information content (AvgIpc) is 2.50. The van der Waals surface area contributed by atoms with Crippen molar-refractivity contribution < 1.29 is 13.2 Å². The van der Waals surface area contributed by atoms with Crippen LogP contribution in [-0.2, 0) is 6.18 Å². The number of hydrogen-bond donors (Lipinski definition) is 1. The number of nitrogens with one attached hydrogen (secondary N) is 1. The van der Waals surface area contributed by atoms with Crippen LogP contribution in [0.25, 0.3) is 0 Å². The van der Waals surface area contributed by atoms with Gasteiger partial charge in [0.2, 0.25) is 0 Å². The van der Waals surface area contributed by atoms with E-state index in [1.54, 1.807) is 7.05 Å². The zero-order chi connectivity index (χ0) is 10.1. The van der Waals surface area contributed by atoms with E-state index in [1.165, 1.54) is 6.07 Å². The van der Waals surface area contributed by atoms with Crippen molar-refractivity contribution in [3.63, 3.8) is 0 Å². The molecule has 0 saturated carbocycles. The molecule has 0 bridgehead atoms. The molecular formula is C8H10F3NS. The Morgan fingerprint density at radius 1 is 1.38 bits per heavy atom. The van der Waals surface area contributed by atoms with Gasteiger partial charge in [0.05, 0.1) is 0 Å². The van der Waals surface area contributed by atoms with Crippen molar-refractivity contribution >= 4 is 11.3 Å². The van der Waals surface area contributed by atoms with Gasteiger partial charge >= 0.3 is 6.18 Å². The maximum Gasteiger partial charge on any atom is 0.425 e. The minimum absolute atomic E-state index is 0.0268. The fourth-order valence-electron chi connectivity index (χ4n) is 0.880. The Bertz CT molecular complexity index is 279. The minimum Gasteiger partial charge on any atom is -0.313 e. The van der Waals surface area contributed by atoms with Gasteiger partial charge in [-0.05, 0) is 26.1 Å². The summed E-state index contributed by atoms with van der Waals surface area (Å²) in [6.07, 6.45) is -4.21. The number of thiophene rings is 1. The van der Waals surface area contributed by atoms with Crippen LogP contribution in [0.5, 0.6) is 0 Å². The molecule has 1 rings (SSSR count). The van der Waals surface area contributed by atoms with Crippen LogP contribution in [0, 0.1) is 0 Å². The fourth-order valence-corrected chi connectivity index (χ4v) is 1.82. The maximum atomic E-state index is 12.2. The van der Waals surface area contributed by atoms with Gasteiger partial charge in [0, 0.05) is 10.9 Å². The summed E-state index contributed by atoms with van der Waals surface area (Å²) in [6.45, 7) is 1.83. The molecule has 1 heterocycles. The van der Waals surface area contributed by atoms with Crippen LogP contribution in [0.1, 0.15) is 22.7 Å². The van der Waals surface area contributed by atoms with Crippen LogP contribution in [0.15, 0.2) is 12.1 Å². The van der Waals surface area contributed by atoms with Crippen LogP contribution < -0.4 is 5.32 Å². The molecule has 74 valence electrons. The van der Waals surface area contributed by atoms with Gasteiger partial charge < -0.3 is 5.32 Å². The Morgan fingerprint density at radius 3 is 2.38 bits per heavy atom. The monoisotopic (exact) mass is 209 g/mol. The standard InChI is InChI=1S/C8H10F3NS/c1-5(12-2)6-3-4-7(13-6)8(9,10)11/h3-5,12H,1-2H3. The summed E-state index contributed by atoms with van der Waals surface area (Å²) in [5.74, 6) is 0. The highest BCUT2D eigenvalue weighted by atomic mass is 32.1. The van der Waals surface area contributed by atoms with Crippen molar-refractivity contribution in [3.05, 3.63) is 21.9 Å². The Hall–Kier alpha value is -0.550. The van der Waals surface area contributed by atoms with E-state index >= 15 is 0 Å². The van der Waals surface area contributed by atoms with Crippen LogP contribution in [0.4, 0.5) is 13.2 Å². The van der Waals surface area contributed by atoms with Crippen LogP contribution in [0.3, 0.4) is 0 Å². The molecule has 1 unspecified atom stereocenters. The molecule has 1 aromatic heterocycles. The molecule has 1 aromatic rings. The highest BCUT2D eigenvalue weighted by molar-refractivity contribution is 7.12. The molecule has 0 aliphatic rings. The molecule has 1 N–H and O–H groups in total. The summed E-state index contributed by atoms with van der Waals surface area (Å²) in [6, 6.07) is 2.60. The normalized spacial score (nSPS) is 14.5. The van der Waals surface area contributed by atoms with Gasteiger partial charge in [0.1, 0.15) is 4.88 Å². The topological polar surface area (TPSA) is 12.0 Å². The van der Waals surface area contributed by atoms with Gasteiger partial charge in [-0.25, -0.2) is 0 Å². The molecule has 0 spiro atoms. The van der Waals surface area contributed by atoms with Crippen molar-refractivity contribution in [2.75, 3.05) is 7.05 Å². The summed E-state index contributed by atoms with van der Waals surface area (Å²) < 4.78 is 36.5. The predicted octanol–water partition coefficient (Wildman–Crippen LogP) is 3.05. The summed E-state index contributed by atoms with van der Waals surface area (Å²) in [5.41, 5.74) is 0. The van der Waals surface area contributed by atoms with Crippen LogP contribution >= 0.6 is 11.3 Å². The van der Waals surface area contributed by atoms with Gasteiger partial charge in [0.15, 0.2) is 0 Å². The first-order valence-electron chi connectivity index (χ1n) is 3.79. The number of rotatable bonds is 2. The van der Waals surface area contributed by atoms with Gasteiger partial charge in [-0.15, -0.1) is 11.3 Å². The molecule has 0 fully saturated rings. The van der Waals surface area contributed by atoms with Crippen LogP contribution in [-0.4, -0.2) is 7.05 Å². The Kier molecular flexibility index (Phi) is 2.98. The summed E-state index contributed by atoms with van der Waals surface area (Å²) in [7, 11) is 1.72. The first kappa shape index (κ1) is 10.5. The molecular weight excluding hydrogens is 199 g/mol. The lowest BCUT2D eigenvalue weighted by Crippen LogP contribution is -2.10. The van der Waals surface area contributed by atoms with E-state index < -0.39 is 11.1 Å². The Morgan fingerprint density at radius 2 is 2.00 bits per heavy atom. The van der Waals surface area contributed by atoms with Crippen molar-refractivity contribution in [1.29, 1.82) is 0 Å². The smallest absolute Gasteiger partial charge is 0.313 e. The highest BCUT2D eigenvalue weighted by Gasteiger charge is 2.32. The van der Waals surface area contributed by atoms with Gasteiger partial charge in [-0.3, -0.25) is 0 Å². The van der Waals surface area contributed by atoms with Gasteiger partial charge in [-0.2, -0.15) is 13.2 Å². The van der Waals surface area contributed by atoms with Gasteiger partial charge in [0.25, 0.3) is 0 Å². The lowest BCUT2D eigenvalue weighted by atomic mass is 10.3. The van der Waals surface area contributed by atoms with E-state index in [0.717, 1.165) is 17.4 Å². The van der Waals surface area contributed by atoms with E-state index in [-0.39, 0.29) is 6.04 Å². The molecule has 1 nitrogen and oxygen atoms in total. The first-order chi connectivity index (χ1) is 5.95. The summed E-state index contributed by atoms with van der Waals surface area (Å²) >= 11 is 0.785. The molecule has 0 aliphatic heterocycles. The molecule has 0 aliphatic carbocycles. The second-order valence-electron chi connectivity index (χ2n) is 2.71. The summed E-state index contributed by atoms with van der Waals surface area (Å²) in [4.78, 5) is 0.166. The molecule has 0 radical (unpaired) electrons. The second-order valence-corrected chi connectivity index (χ2v) is 3.83. The average molecular weight is 209 g/mol. The van der Waals surface area contributed by atoms with Gasteiger partial charge in [-0.1, -0.05) is 0 Å². The number of alkyl halides is 3. The van der Waals surface area contributed by atoms with E-state index in [9.17, 15) is 13.2 Å². The molecule has 13 heavy (non-hydrogen) atoms. The lowest BCUT2D eigenvalue weighted by molar-refractivity contribution is -0.134. The lowest BCUT2D eigenvalue weighted by Gasteiger charge is -2.06. The van der Waals surface area contributed by atoms with Crippen molar-refractivity contribution in [1.82, 2.24) is 5.32 Å². The van der Waals surface area contributed by atoms with E-state index in [1.807, 2.05) is 6.92 Å². The van der Waals surface area contributed by atoms with Crippen molar-refractivity contribution in [2.24, 2.45) is 0 Å². The second kappa shape index (κ2) is 3.67. The minimum atomic E-state index is -4.21. The maximum absolute atomic E-state index is 12.2. The predicted molar refractivity (Wildman–Crippen MR) is 46.8 cm³/mol. The quantitative estimate of drug-likeness (QED) is 0.789. The van der Waals surface area contributed by atoms with E-state index in [0.29, 0.717) is 4.88 Å². The van der Waals surface area contributed by atoms with Crippen molar-refractivity contribution in [2.45, 2.75) is 19.1 Å². The SMILES string of the molecule is CNC(C)c1ccc(C(F)(F)F)s1. The first-order valence-corrected chi connectivity index (χ1v) is 4.61. The molecule has 1 atom stereocenters. The van der Waals surface area contributed by atoms with E-state index in [2.05, 4.69) is 5.32 Å².